The SMILES string of the molecule is S=C1N[C@H](c2ccccn2)[C@H](c2cccs2)N1Cc1ccco1. The molecule has 4 heterocycles. The maximum absolute atomic E-state index is 5.59. The van der Waals surface area contributed by atoms with Gasteiger partial charge in [-0.3, -0.25) is 4.98 Å². The highest BCUT2D eigenvalue weighted by molar-refractivity contribution is 7.80. The molecule has 1 aliphatic rings. The van der Waals surface area contributed by atoms with Gasteiger partial charge in [-0.15, -0.1) is 11.3 Å². The van der Waals surface area contributed by atoms with E-state index in [-0.39, 0.29) is 12.1 Å². The van der Waals surface area contributed by atoms with Crippen molar-refractivity contribution in [3.63, 3.8) is 0 Å². The van der Waals surface area contributed by atoms with Crippen LogP contribution < -0.4 is 5.32 Å². The van der Waals surface area contributed by atoms with E-state index in [4.69, 9.17) is 16.6 Å². The van der Waals surface area contributed by atoms with Crippen molar-refractivity contribution >= 4 is 28.7 Å². The Balaban J connectivity index is 1.71. The zero-order valence-corrected chi connectivity index (χ0v) is 13.9. The van der Waals surface area contributed by atoms with Crippen LogP contribution in [0.15, 0.2) is 64.7 Å². The van der Waals surface area contributed by atoms with E-state index in [1.807, 2.05) is 36.5 Å². The smallest absolute Gasteiger partial charge is 0.170 e. The Morgan fingerprint density at radius 3 is 2.87 bits per heavy atom. The van der Waals surface area contributed by atoms with E-state index >= 15 is 0 Å². The van der Waals surface area contributed by atoms with Crippen LogP contribution in [0.3, 0.4) is 0 Å². The second kappa shape index (κ2) is 6.14. The molecular weight excluding hydrogens is 326 g/mol. The van der Waals surface area contributed by atoms with Gasteiger partial charge in [-0.1, -0.05) is 12.1 Å². The van der Waals surface area contributed by atoms with Gasteiger partial charge in [0.05, 0.1) is 30.6 Å². The van der Waals surface area contributed by atoms with Crippen molar-refractivity contribution in [2.45, 2.75) is 18.6 Å². The maximum Gasteiger partial charge on any atom is 0.170 e. The van der Waals surface area contributed by atoms with Crippen molar-refractivity contribution in [1.29, 1.82) is 0 Å². The van der Waals surface area contributed by atoms with Crippen molar-refractivity contribution in [2.24, 2.45) is 0 Å². The van der Waals surface area contributed by atoms with Gasteiger partial charge in [0.1, 0.15) is 5.76 Å². The number of furan rings is 1. The van der Waals surface area contributed by atoms with Gasteiger partial charge in [-0.25, -0.2) is 0 Å². The summed E-state index contributed by atoms with van der Waals surface area (Å²) in [5, 5.41) is 6.26. The monoisotopic (exact) mass is 341 g/mol. The van der Waals surface area contributed by atoms with Crippen molar-refractivity contribution in [2.75, 3.05) is 0 Å². The molecule has 1 saturated heterocycles. The molecule has 0 bridgehead atoms. The summed E-state index contributed by atoms with van der Waals surface area (Å²) in [5.41, 5.74) is 0.996. The standard InChI is InChI=1S/C17H15N3OS2/c22-17-19-15(13-6-1-2-8-18-13)16(14-7-4-10-23-14)20(17)11-12-5-3-9-21-12/h1-10,15-16H,11H2,(H,19,22)/t15-,16+/m1/s1. The number of aromatic nitrogens is 1. The molecule has 0 amide bonds. The number of hydrogen-bond acceptors (Lipinski definition) is 4. The minimum absolute atomic E-state index is 0.0392. The van der Waals surface area contributed by atoms with Crippen LogP contribution in [0.5, 0.6) is 0 Å². The van der Waals surface area contributed by atoms with Crippen LogP contribution in [0.4, 0.5) is 0 Å². The lowest BCUT2D eigenvalue weighted by Gasteiger charge is -2.25. The quantitative estimate of drug-likeness (QED) is 0.729. The highest BCUT2D eigenvalue weighted by Crippen LogP contribution is 2.41. The molecule has 4 nitrogen and oxygen atoms in total. The van der Waals surface area contributed by atoms with Gasteiger partial charge in [-0.05, 0) is 47.9 Å². The van der Waals surface area contributed by atoms with E-state index in [1.165, 1.54) is 4.88 Å². The molecule has 4 rings (SSSR count). The molecule has 23 heavy (non-hydrogen) atoms. The van der Waals surface area contributed by atoms with Crippen LogP contribution in [0, 0.1) is 0 Å². The summed E-state index contributed by atoms with van der Waals surface area (Å²) in [6, 6.07) is 14.2. The first kappa shape index (κ1) is 14.4. The summed E-state index contributed by atoms with van der Waals surface area (Å²) in [6.07, 6.45) is 3.51. The fraction of sp³-hybridized carbons (Fsp3) is 0.176. The Kier molecular flexibility index (Phi) is 3.85. The predicted molar refractivity (Wildman–Crippen MR) is 94.0 cm³/mol. The second-order valence-corrected chi connectivity index (χ2v) is 6.72. The minimum atomic E-state index is 0.0392. The second-order valence-electron chi connectivity index (χ2n) is 5.35. The van der Waals surface area contributed by atoms with E-state index in [1.54, 1.807) is 17.6 Å². The summed E-state index contributed by atoms with van der Waals surface area (Å²) in [7, 11) is 0. The number of hydrogen-bond donors (Lipinski definition) is 1. The minimum Gasteiger partial charge on any atom is -0.467 e. The maximum atomic E-state index is 5.59. The average molecular weight is 341 g/mol. The number of nitrogens with zero attached hydrogens (tertiary/aromatic N) is 2. The first-order valence-electron chi connectivity index (χ1n) is 7.37. The van der Waals surface area contributed by atoms with Crippen LogP contribution in [0.2, 0.25) is 0 Å². The summed E-state index contributed by atoms with van der Waals surface area (Å²) in [4.78, 5) is 7.96. The Morgan fingerprint density at radius 1 is 1.22 bits per heavy atom. The highest BCUT2D eigenvalue weighted by Gasteiger charge is 2.40. The van der Waals surface area contributed by atoms with E-state index in [9.17, 15) is 0 Å². The summed E-state index contributed by atoms with van der Waals surface area (Å²) in [6.45, 7) is 0.644. The predicted octanol–water partition coefficient (Wildman–Crippen LogP) is 3.91. The molecule has 116 valence electrons. The van der Waals surface area contributed by atoms with Crippen molar-refractivity contribution < 1.29 is 4.42 Å². The Bertz CT molecular complexity index is 772. The third-order valence-electron chi connectivity index (χ3n) is 3.94. The van der Waals surface area contributed by atoms with E-state index in [0.717, 1.165) is 16.6 Å². The summed E-state index contributed by atoms with van der Waals surface area (Å²) >= 11 is 7.33. The van der Waals surface area contributed by atoms with Gasteiger partial charge in [0, 0.05) is 11.1 Å². The molecule has 3 aromatic heterocycles. The average Bonchev–Trinajstić information content (AvgIpc) is 3.31. The Labute approximate surface area is 143 Å². The molecule has 1 aliphatic heterocycles. The van der Waals surface area contributed by atoms with Crippen molar-refractivity contribution in [3.8, 4) is 0 Å². The number of rotatable bonds is 4. The lowest BCUT2D eigenvalue weighted by atomic mass is 10.0. The van der Waals surface area contributed by atoms with Crippen LogP contribution in [-0.4, -0.2) is 15.0 Å². The molecule has 6 heteroatoms. The number of thiophene rings is 1. The van der Waals surface area contributed by atoms with Gasteiger partial charge in [-0.2, -0.15) is 0 Å². The molecule has 0 aliphatic carbocycles. The molecule has 0 radical (unpaired) electrons. The van der Waals surface area contributed by atoms with E-state index < -0.39 is 0 Å². The van der Waals surface area contributed by atoms with Crippen LogP contribution in [0.25, 0.3) is 0 Å². The van der Waals surface area contributed by atoms with Crippen molar-refractivity contribution in [3.05, 3.63) is 76.6 Å². The number of pyridine rings is 1. The summed E-state index contributed by atoms with van der Waals surface area (Å²) < 4.78 is 5.51. The third-order valence-corrected chi connectivity index (χ3v) is 5.23. The molecule has 0 unspecified atom stereocenters. The fourth-order valence-corrected chi connectivity index (χ4v) is 4.09. The van der Waals surface area contributed by atoms with Crippen LogP contribution >= 0.6 is 23.6 Å². The molecular formula is C17H15N3OS2. The Hall–Kier alpha value is -2.18. The normalized spacial score (nSPS) is 20.7. The topological polar surface area (TPSA) is 41.3 Å². The first-order chi connectivity index (χ1) is 11.3. The number of thiocarbonyl (C=S) groups is 1. The van der Waals surface area contributed by atoms with Crippen molar-refractivity contribution in [1.82, 2.24) is 15.2 Å². The van der Waals surface area contributed by atoms with Crippen LogP contribution in [0.1, 0.15) is 28.4 Å². The van der Waals surface area contributed by atoms with Gasteiger partial charge in [0.15, 0.2) is 5.11 Å². The lowest BCUT2D eigenvalue weighted by molar-refractivity contribution is 0.291. The Morgan fingerprint density at radius 2 is 2.17 bits per heavy atom. The molecule has 1 fully saturated rings. The van der Waals surface area contributed by atoms with E-state index in [2.05, 4.69) is 32.7 Å². The highest BCUT2D eigenvalue weighted by atomic mass is 32.1. The zero-order chi connectivity index (χ0) is 15.6. The van der Waals surface area contributed by atoms with Gasteiger partial charge < -0.3 is 14.6 Å². The zero-order valence-electron chi connectivity index (χ0n) is 12.3. The van der Waals surface area contributed by atoms with Gasteiger partial charge >= 0.3 is 0 Å². The molecule has 0 spiro atoms. The molecule has 3 aromatic rings. The largest absolute Gasteiger partial charge is 0.467 e. The first-order valence-corrected chi connectivity index (χ1v) is 8.65. The fourth-order valence-electron chi connectivity index (χ4n) is 2.91. The third kappa shape index (κ3) is 2.75. The molecule has 1 N–H and O–H groups in total. The number of nitrogens with one attached hydrogen (secondary N) is 1. The molecule has 2 atom stereocenters. The summed E-state index contributed by atoms with van der Waals surface area (Å²) in [5.74, 6) is 0.900. The van der Waals surface area contributed by atoms with Crippen LogP contribution in [-0.2, 0) is 6.54 Å². The van der Waals surface area contributed by atoms with E-state index in [0.29, 0.717) is 6.54 Å². The van der Waals surface area contributed by atoms with Gasteiger partial charge in [0.25, 0.3) is 0 Å². The molecule has 0 aromatic carbocycles. The molecule has 0 saturated carbocycles. The van der Waals surface area contributed by atoms with Gasteiger partial charge in [0.2, 0.25) is 0 Å². The lowest BCUT2D eigenvalue weighted by Crippen LogP contribution is -2.28.